The first-order chi connectivity index (χ1) is 16.8. The third-order valence-electron chi connectivity index (χ3n) is 7.79. The van der Waals surface area contributed by atoms with Gasteiger partial charge in [-0.1, -0.05) is 0 Å². The van der Waals surface area contributed by atoms with Gasteiger partial charge < -0.3 is 18.9 Å². The van der Waals surface area contributed by atoms with Crippen LogP contribution < -0.4 is 4.74 Å². The number of nitrogens with zero attached hydrogens (tertiary/aromatic N) is 5. The van der Waals surface area contributed by atoms with E-state index in [0.29, 0.717) is 18.1 Å². The van der Waals surface area contributed by atoms with Crippen molar-refractivity contribution in [2.45, 2.75) is 37.0 Å². The van der Waals surface area contributed by atoms with E-state index in [1.165, 1.54) is 0 Å². The summed E-state index contributed by atoms with van der Waals surface area (Å²) in [5, 5.41) is 9.83. The third-order valence-corrected chi connectivity index (χ3v) is 7.79. The molecule has 4 aliphatic rings. The van der Waals surface area contributed by atoms with Crippen LogP contribution in [0.2, 0.25) is 0 Å². The number of methoxy groups -OCH3 is 1. The van der Waals surface area contributed by atoms with Crippen molar-refractivity contribution in [2.75, 3.05) is 86.0 Å². The van der Waals surface area contributed by atoms with Gasteiger partial charge in [0.25, 0.3) is 0 Å². The standard InChI is InChI=1S/C25H39N5O4/c1-31-22-4-2-20(3-5-22)26-27-25-23(29-8-14-33-15-9-29)18-21(28-6-12-32-13-7-28)19-24(25)30-10-16-34-17-11-30/h2-5,21,23-25H,6-19H2,1H3. The second kappa shape index (κ2) is 11.9. The average molecular weight is 474 g/mol. The van der Waals surface area contributed by atoms with Crippen molar-refractivity contribution in [1.29, 1.82) is 0 Å². The zero-order valence-corrected chi connectivity index (χ0v) is 20.4. The maximum atomic E-state index is 5.70. The normalized spacial score (nSPS) is 32.7. The minimum Gasteiger partial charge on any atom is -0.497 e. The fourth-order valence-corrected chi connectivity index (χ4v) is 5.91. The van der Waals surface area contributed by atoms with Crippen LogP contribution in [0.5, 0.6) is 5.75 Å². The summed E-state index contributed by atoms with van der Waals surface area (Å²) in [5.74, 6) is 0.836. The molecule has 188 valence electrons. The van der Waals surface area contributed by atoms with Crippen molar-refractivity contribution in [3.05, 3.63) is 24.3 Å². The van der Waals surface area contributed by atoms with E-state index in [1.54, 1.807) is 7.11 Å². The molecule has 5 rings (SSSR count). The largest absolute Gasteiger partial charge is 0.497 e. The Labute approximate surface area is 203 Å². The van der Waals surface area contributed by atoms with Crippen molar-refractivity contribution in [2.24, 2.45) is 10.2 Å². The molecule has 0 N–H and O–H groups in total. The summed E-state index contributed by atoms with van der Waals surface area (Å²) in [6.45, 7) is 10.7. The SMILES string of the molecule is COc1ccc(N=NC2C(N3CCOCC3)CC(N3CCOCC3)CC2N2CCOCC2)cc1. The van der Waals surface area contributed by atoms with Gasteiger partial charge in [0.05, 0.1) is 52.4 Å². The number of benzene rings is 1. The van der Waals surface area contributed by atoms with Crippen LogP contribution in [0, 0.1) is 0 Å². The molecule has 0 amide bonds. The van der Waals surface area contributed by atoms with Gasteiger partial charge in [0.15, 0.2) is 0 Å². The van der Waals surface area contributed by atoms with Crippen LogP contribution in [0.15, 0.2) is 34.5 Å². The molecule has 2 unspecified atom stereocenters. The van der Waals surface area contributed by atoms with E-state index in [2.05, 4.69) is 14.7 Å². The molecule has 0 radical (unpaired) electrons. The fraction of sp³-hybridized carbons (Fsp3) is 0.760. The van der Waals surface area contributed by atoms with Crippen LogP contribution in [0.1, 0.15) is 12.8 Å². The highest BCUT2D eigenvalue weighted by Gasteiger charge is 2.45. The Morgan fingerprint density at radius 1 is 0.706 bits per heavy atom. The Hall–Kier alpha value is -1.62. The molecule has 34 heavy (non-hydrogen) atoms. The molecule has 1 saturated carbocycles. The van der Waals surface area contributed by atoms with Crippen LogP contribution in [0.25, 0.3) is 0 Å². The summed E-state index contributed by atoms with van der Waals surface area (Å²) in [6.07, 6.45) is 2.24. The number of ether oxygens (including phenoxy) is 4. The zero-order chi connectivity index (χ0) is 23.2. The van der Waals surface area contributed by atoms with Gasteiger partial charge in [0.2, 0.25) is 0 Å². The maximum Gasteiger partial charge on any atom is 0.119 e. The topological polar surface area (TPSA) is 71.4 Å². The summed E-state index contributed by atoms with van der Waals surface area (Å²) >= 11 is 0. The molecule has 3 saturated heterocycles. The fourth-order valence-electron chi connectivity index (χ4n) is 5.91. The molecule has 9 nitrogen and oxygen atoms in total. The number of hydrogen-bond acceptors (Lipinski definition) is 9. The van der Waals surface area contributed by atoms with E-state index in [0.717, 1.165) is 103 Å². The second-order valence-corrected chi connectivity index (χ2v) is 9.61. The van der Waals surface area contributed by atoms with Crippen molar-refractivity contribution in [3.8, 4) is 5.75 Å². The monoisotopic (exact) mass is 473 g/mol. The molecular formula is C25H39N5O4. The molecule has 0 bridgehead atoms. The Morgan fingerprint density at radius 3 is 1.65 bits per heavy atom. The minimum atomic E-state index is 0.121. The van der Waals surface area contributed by atoms with Crippen LogP contribution >= 0.6 is 0 Å². The van der Waals surface area contributed by atoms with Crippen LogP contribution in [0.4, 0.5) is 5.69 Å². The first-order valence-corrected chi connectivity index (χ1v) is 12.8. The lowest BCUT2D eigenvalue weighted by atomic mass is 9.80. The van der Waals surface area contributed by atoms with Gasteiger partial charge >= 0.3 is 0 Å². The molecule has 4 fully saturated rings. The molecule has 0 aromatic heterocycles. The van der Waals surface area contributed by atoms with Crippen molar-refractivity contribution in [1.82, 2.24) is 14.7 Å². The van der Waals surface area contributed by atoms with Crippen molar-refractivity contribution >= 4 is 5.69 Å². The highest BCUT2D eigenvalue weighted by molar-refractivity contribution is 5.40. The predicted molar refractivity (Wildman–Crippen MR) is 129 cm³/mol. The highest BCUT2D eigenvalue weighted by Crippen LogP contribution is 2.34. The van der Waals surface area contributed by atoms with E-state index in [1.807, 2.05) is 24.3 Å². The molecule has 1 aromatic carbocycles. The first kappa shape index (κ1) is 24.1. The third kappa shape index (κ3) is 5.78. The van der Waals surface area contributed by atoms with Gasteiger partial charge in [0, 0.05) is 57.4 Å². The molecule has 2 atom stereocenters. The van der Waals surface area contributed by atoms with E-state index in [9.17, 15) is 0 Å². The van der Waals surface area contributed by atoms with Gasteiger partial charge in [-0.2, -0.15) is 10.2 Å². The molecular weight excluding hydrogens is 434 g/mol. The maximum absolute atomic E-state index is 5.70. The highest BCUT2D eigenvalue weighted by atomic mass is 16.5. The molecule has 0 spiro atoms. The van der Waals surface area contributed by atoms with Gasteiger partial charge in [-0.05, 0) is 37.1 Å². The molecule has 9 heteroatoms. The van der Waals surface area contributed by atoms with Crippen LogP contribution in [-0.2, 0) is 14.2 Å². The summed E-state index contributed by atoms with van der Waals surface area (Å²) < 4.78 is 22.4. The lowest BCUT2D eigenvalue weighted by Crippen LogP contribution is -2.64. The van der Waals surface area contributed by atoms with E-state index < -0.39 is 0 Å². The molecule has 3 aliphatic heterocycles. The summed E-state index contributed by atoms with van der Waals surface area (Å²) in [6, 6.07) is 9.21. The van der Waals surface area contributed by atoms with E-state index >= 15 is 0 Å². The Bertz CT molecular complexity index is 748. The van der Waals surface area contributed by atoms with E-state index in [-0.39, 0.29) is 6.04 Å². The average Bonchev–Trinajstić information content (AvgIpc) is 2.93. The van der Waals surface area contributed by atoms with Gasteiger partial charge in [0.1, 0.15) is 11.8 Å². The summed E-state index contributed by atoms with van der Waals surface area (Å²) in [5.41, 5.74) is 0.873. The minimum absolute atomic E-state index is 0.121. The van der Waals surface area contributed by atoms with Gasteiger partial charge in [-0.15, -0.1) is 0 Å². The van der Waals surface area contributed by atoms with E-state index in [4.69, 9.17) is 29.2 Å². The zero-order valence-electron chi connectivity index (χ0n) is 20.4. The summed E-state index contributed by atoms with van der Waals surface area (Å²) in [4.78, 5) is 7.88. The Morgan fingerprint density at radius 2 is 1.18 bits per heavy atom. The summed E-state index contributed by atoms with van der Waals surface area (Å²) in [7, 11) is 1.68. The number of rotatable bonds is 6. The lowest BCUT2D eigenvalue weighted by Gasteiger charge is -2.51. The molecule has 1 aliphatic carbocycles. The lowest BCUT2D eigenvalue weighted by molar-refractivity contribution is -0.0621. The van der Waals surface area contributed by atoms with Gasteiger partial charge in [-0.25, -0.2) is 0 Å². The second-order valence-electron chi connectivity index (χ2n) is 9.61. The Balaban J connectivity index is 1.42. The molecule has 1 aromatic rings. The Kier molecular flexibility index (Phi) is 8.42. The number of azo groups is 1. The predicted octanol–water partition coefficient (Wildman–Crippen LogP) is 2.04. The van der Waals surface area contributed by atoms with Crippen molar-refractivity contribution in [3.63, 3.8) is 0 Å². The smallest absolute Gasteiger partial charge is 0.119 e. The van der Waals surface area contributed by atoms with Crippen LogP contribution in [-0.4, -0.2) is 125 Å². The number of morpholine rings is 3. The van der Waals surface area contributed by atoms with Gasteiger partial charge in [-0.3, -0.25) is 14.7 Å². The van der Waals surface area contributed by atoms with Crippen LogP contribution in [0.3, 0.4) is 0 Å². The quantitative estimate of drug-likeness (QED) is 0.586. The first-order valence-electron chi connectivity index (χ1n) is 12.8. The van der Waals surface area contributed by atoms with Crippen molar-refractivity contribution < 1.29 is 18.9 Å². The molecule has 3 heterocycles. The number of hydrogen-bond donors (Lipinski definition) is 0.